The molecule has 104 valence electrons. The fourth-order valence-corrected chi connectivity index (χ4v) is 2.84. The number of hydrogen-bond acceptors (Lipinski definition) is 2. The fourth-order valence-electron chi connectivity index (χ4n) is 2.84. The summed E-state index contributed by atoms with van der Waals surface area (Å²) in [6.45, 7) is 10.8. The largest absolute Gasteiger partial charge is 0.388 e. The molecule has 0 aromatic heterocycles. The Labute approximate surface area is 115 Å². The normalized spacial score (nSPS) is 19.9. The molecule has 0 heterocycles. The summed E-state index contributed by atoms with van der Waals surface area (Å²) in [6.07, 6.45) is 0. The van der Waals surface area contributed by atoms with Gasteiger partial charge in [0.25, 0.3) is 5.91 Å². The van der Waals surface area contributed by atoms with Crippen molar-refractivity contribution in [2.24, 2.45) is 10.8 Å². The van der Waals surface area contributed by atoms with E-state index in [1.165, 1.54) is 0 Å². The van der Waals surface area contributed by atoms with Gasteiger partial charge in [0.15, 0.2) is 0 Å². The van der Waals surface area contributed by atoms with E-state index in [1.54, 1.807) is 0 Å². The minimum absolute atomic E-state index is 0.0313. The molecule has 0 radical (unpaired) electrons. The summed E-state index contributed by atoms with van der Waals surface area (Å²) in [6, 6.07) is 6.07. The third-order valence-electron chi connectivity index (χ3n) is 5.06. The van der Waals surface area contributed by atoms with E-state index in [0.717, 1.165) is 16.8 Å². The number of benzene rings is 1. The lowest BCUT2D eigenvalue weighted by Crippen LogP contribution is -2.30. The van der Waals surface area contributed by atoms with Crippen LogP contribution in [0.5, 0.6) is 0 Å². The van der Waals surface area contributed by atoms with Crippen molar-refractivity contribution in [3.63, 3.8) is 0 Å². The smallest absolute Gasteiger partial charge is 0.251 e. The van der Waals surface area contributed by atoms with Crippen LogP contribution < -0.4 is 10.6 Å². The number of nitrogens with one attached hydrogen (secondary N) is 2. The van der Waals surface area contributed by atoms with E-state index in [-0.39, 0.29) is 22.8 Å². The molecule has 0 unspecified atom stereocenters. The predicted molar refractivity (Wildman–Crippen MR) is 79.5 cm³/mol. The van der Waals surface area contributed by atoms with Gasteiger partial charge >= 0.3 is 0 Å². The summed E-state index contributed by atoms with van der Waals surface area (Å²) in [7, 11) is 1.88. The predicted octanol–water partition coefficient (Wildman–Crippen LogP) is 3.20. The highest BCUT2D eigenvalue weighted by Gasteiger charge is 2.65. The minimum atomic E-state index is 0.0313. The Balaban J connectivity index is 2.14. The molecular formula is C16H24N2O. The lowest BCUT2D eigenvalue weighted by atomic mass is 10.0. The summed E-state index contributed by atoms with van der Waals surface area (Å²) in [5, 5.41) is 6.25. The lowest BCUT2D eigenvalue weighted by Gasteiger charge is -2.10. The Hall–Kier alpha value is -1.51. The number of aryl methyl sites for hydroxylation is 1. The van der Waals surface area contributed by atoms with E-state index in [9.17, 15) is 4.79 Å². The summed E-state index contributed by atoms with van der Waals surface area (Å²) in [5.41, 5.74) is 3.13. The Kier molecular flexibility index (Phi) is 3.12. The first-order valence-electron chi connectivity index (χ1n) is 6.81. The molecule has 1 aromatic rings. The Morgan fingerprint density at radius 2 is 1.74 bits per heavy atom. The van der Waals surface area contributed by atoms with E-state index in [2.05, 4.69) is 38.3 Å². The van der Waals surface area contributed by atoms with Gasteiger partial charge in [0.2, 0.25) is 0 Å². The van der Waals surface area contributed by atoms with Gasteiger partial charge in [-0.2, -0.15) is 0 Å². The molecule has 3 heteroatoms. The highest BCUT2D eigenvalue weighted by Crippen LogP contribution is 2.62. The monoisotopic (exact) mass is 260 g/mol. The highest BCUT2D eigenvalue weighted by molar-refractivity contribution is 5.96. The standard InChI is InChI=1S/C16H24N2O/c1-10-9-11(17-6)7-8-12(10)13(19)18-14-15(2,3)16(14,4)5/h7-9,14,17H,1-6H3,(H,18,19). The molecule has 0 saturated heterocycles. The minimum Gasteiger partial charge on any atom is -0.388 e. The maximum Gasteiger partial charge on any atom is 0.251 e. The molecule has 0 aliphatic heterocycles. The maximum atomic E-state index is 12.4. The van der Waals surface area contributed by atoms with E-state index in [0.29, 0.717) is 0 Å². The molecule has 1 aliphatic carbocycles. The van der Waals surface area contributed by atoms with Crippen LogP contribution in [-0.2, 0) is 0 Å². The van der Waals surface area contributed by atoms with Crippen molar-refractivity contribution in [3.05, 3.63) is 29.3 Å². The van der Waals surface area contributed by atoms with Crippen LogP contribution in [0.3, 0.4) is 0 Å². The summed E-state index contributed by atoms with van der Waals surface area (Å²) >= 11 is 0. The second-order valence-electron chi connectivity index (χ2n) is 6.63. The molecule has 1 aliphatic rings. The third-order valence-corrected chi connectivity index (χ3v) is 5.06. The van der Waals surface area contributed by atoms with Crippen molar-refractivity contribution in [3.8, 4) is 0 Å². The summed E-state index contributed by atoms with van der Waals surface area (Å²) in [5.74, 6) is 0.0313. The van der Waals surface area contributed by atoms with Gasteiger partial charge in [-0.05, 0) is 41.5 Å². The second kappa shape index (κ2) is 4.26. The zero-order valence-corrected chi connectivity index (χ0v) is 12.7. The van der Waals surface area contributed by atoms with Crippen LogP contribution in [0.1, 0.15) is 43.6 Å². The van der Waals surface area contributed by atoms with Gasteiger partial charge in [0.1, 0.15) is 0 Å². The zero-order valence-electron chi connectivity index (χ0n) is 12.7. The Morgan fingerprint density at radius 1 is 1.16 bits per heavy atom. The number of carbonyl (C=O) groups is 1. The number of amides is 1. The van der Waals surface area contributed by atoms with Gasteiger partial charge in [-0.1, -0.05) is 27.7 Å². The molecule has 2 rings (SSSR count). The first-order valence-corrected chi connectivity index (χ1v) is 6.81. The van der Waals surface area contributed by atoms with Crippen LogP contribution in [0, 0.1) is 17.8 Å². The molecule has 3 nitrogen and oxygen atoms in total. The molecule has 1 amide bonds. The van der Waals surface area contributed by atoms with Crippen LogP contribution in [0.4, 0.5) is 5.69 Å². The average molecular weight is 260 g/mol. The van der Waals surface area contributed by atoms with Crippen molar-refractivity contribution in [1.82, 2.24) is 5.32 Å². The average Bonchev–Trinajstić information content (AvgIpc) is 2.71. The first kappa shape index (κ1) is 13.9. The Morgan fingerprint density at radius 3 is 2.16 bits per heavy atom. The number of hydrogen-bond donors (Lipinski definition) is 2. The van der Waals surface area contributed by atoms with E-state index >= 15 is 0 Å². The van der Waals surface area contributed by atoms with Gasteiger partial charge in [0.05, 0.1) is 0 Å². The van der Waals surface area contributed by atoms with Crippen molar-refractivity contribution in [2.45, 2.75) is 40.7 Å². The van der Waals surface area contributed by atoms with Gasteiger partial charge in [0, 0.05) is 24.3 Å². The van der Waals surface area contributed by atoms with Crippen LogP contribution in [0.15, 0.2) is 18.2 Å². The van der Waals surface area contributed by atoms with Gasteiger partial charge < -0.3 is 10.6 Å². The van der Waals surface area contributed by atoms with E-state index < -0.39 is 0 Å². The zero-order chi connectivity index (χ0) is 14.4. The van der Waals surface area contributed by atoms with Gasteiger partial charge in [-0.15, -0.1) is 0 Å². The molecule has 1 fully saturated rings. The van der Waals surface area contributed by atoms with Gasteiger partial charge in [-0.25, -0.2) is 0 Å². The maximum absolute atomic E-state index is 12.4. The van der Waals surface area contributed by atoms with Crippen LogP contribution >= 0.6 is 0 Å². The van der Waals surface area contributed by atoms with E-state index in [4.69, 9.17) is 0 Å². The Bertz CT molecular complexity index is 503. The van der Waals surface area contributed by atoms with Crippen molar-refractivity contribution in [1.29, 1.82) is 0 Å². The molecule has 19 heavy (non-hydrogen) atoms. The SMILES string of the molecule is CNc1ccc(C(=O)NC2C(C)(C)C2(C)C)c(C)c1. The van der Waals surface area contributed by atoms with Crippen LogP contribution in [0.25, 0.3) is 0 Å². The lowest BCUT2D eigenvalue weighted by molar-refractivity contribution is 0.0943. The van der Waals surface area contributed by atoms with Crippen molar-refractivity contribution < 1.29 is 4.79 Å². The highest BCUT2D eigenvalue weighted by atomic mass is 16.1. The van der Waals surface area contributed by atoms with Crippen molar-refractivity contribution in [2.75, 3.05) is 12.4 Å². The fraction of sp³-hybridized carbons (Fsp3) is 0.562. The second-order valence-corrected chi connectivity index (χ2v) is 6.63. The van der Waals surface area contributed by atoms with E-state index in [1.807, 2.05) is 32.2 Å². The topological polar surface area (TPSA) is 41.1 Å². The molecule has 0 bridgehead atoms. The quantitative estimate of drug-likeness (QED) is 0.876. The van der Waals surface area contributed by atoms with Crippen LogP contribution in [0.2, 0.25) is 0 Å². The molecule has 1 aromatic carbocycles. The first-order chi connectivity index (χ1) is 8.71. The number of rotatable bonds is 3. The summed E-state index contributed by atoms with van der Waals surface area (Å²) < 4.78 is 0. The number of anilines is 1. The molecule has 2 N–H and O–H groups in total. The van der Waals surface area contributed by atoms with Crippen LogP contribution in [-0.4, -0.2) is 19.0 Å². The molecule has 0 spiro atoms. The summed E-state index contributed by atoms with van der Waals surface area (Å²) in [4.78, 5) is 12.4. The number of carbonyl (C=O) groups excluding carboxylic acids is 1. The molecule has 0 atom stereocenters. The third kappa shape index (κ3) is 2.11. The molecular weight excluding hydrogens is 236 g/mol. The van der Waals surface area contributed by atoms with Crippen molar-refractivity contribution >= 4 is 11.6 Å². The molecule has 1 saturated carbocycles. The van der Waals surface area contributed by atoms with Gasteiger partial charge in [-0.3, -0.25) is 4.79 Å².